The summed E-state index contributed by atoms with van der Waals surface area (Å²) >= 11 is 0. The van der Waals surface area contributed by atoms with Crippen molar-refractivity contribution in [1.82, 2.24) is 0 Å². The minimum absolute atomic E-state index is 1.11. The minimum atomic E-state index is -1.68. The summed E-state index contributed by atoms with van der Waals surface area (Å²) in [4.78, 5) is 10.4. The fourth-order valence-corrected chi connectivity index (χ4v) is 0.216. The molecule has 1 atom stereocenters. The first-order chi connectivity index (χ1) is 4.19. The van der Waals surface area contributed by atoms with E-state index in [1.54, 1.807) is 0 Å². The van der Waals surface area contributed by atoms with E-state index in [9.17, 15) is 4.79 Å². The van der Waals surface area contributed by atoms with Gasteiger partial charge in [-0.25, -0.2) is 0 Å². The van der Waals surface area contributed by atoms with Gasteiger partial charge in [0.1, 0.15) is 11.1 Å². The molecule has 0 amide bonds. The van der Waals surface area contributed by atoms with Crippen LogP contribution in [-0.4, -0.2) is 21.9 Å². The van der Waals surface area contributed by atoms with Crippen molar-refractivity contribution in [3.63, 3.8) is 0 Å². The number of hydrogen-bond donors (Lipinski definition) is 3. The lowest BCUT2D eigenvalue weighted by Crippen LogP contribution is -2.54. The zero-order valence-electron chi connectivity index (χ0n) is 6.38. The van der Waals surface area contributed by atoms with Gasteiger partial charge in [-0.05, 0) is 20.8 Å². The van der Waals surface area contributed by atoms with E-state index >= 15 is 0 Å². The zero-order chi connectivity index (χ0) is 8.58. The van der Waals surface area contributed by atoms with Crippen LogP contribution in [-0.2, 0) is 4.79 Å². The van der Waals surface area contributed by atoms with Gasteiger partial charge in [-0.3, -0.25) is 4.79 Å². The van der Waals surface area contributed by atoms with Gasteiger partial charge in [-0.1, -0.05) is 0 Å². The number of carboxylic acid groups (broad SMARTS) is 1. The van der Waals surface area contributed by atoms with Crippen LogP contribution in [0.15, 0.2) is 0 Å². The Balaban J connectivity index is 4.57. The third kappa shape index (κ3) is 1.46. The lowest BCUT2D eigenvalue weighted by Gasteiger charge is -2.32. The Bertz CT molecular complexity index is 146. The largest absolute Gasteiger partial charge is 0.481 e. The molecule has 0 spiro atoms. The molecule has 0 aromatic rings. The van der Waals surface area contributed by atoms with Gasteiger partial charge in [0.2, 0.25) is 0 Å². The molecule has 4 nitrogen and oxygen atoms in total. The summed E-state index contributed by atoms with van der Waals surface area (Å²) in [5.74, 6) is -1.11. The average molecular weight is 147 g/mol. The van der Waals surface area contributed by atoms with E-state index in [0.717, 1.165) is 0 Å². The quantitative estimate of drug-likeness (QED) is 0.471. The van der Waals surface area contributed by atoms with Crippen molar-refractivity contribution in [3.8, 4) is 0 Å². The molecule has 60 valence electrons. The SMILES string of the molecule is CC(N)(O)C(C)(C)C(=O)O. The van der Waals surface area contributed by atoms with Crippen LogP contribution >= 0.6 is 0 Å². The van der Waals surface area contributed by atoms with E-state index in [4.69, 9.17) is 15.9 Å². The van der Waals surface area contributed by atoms with E-state index in [-0.39, 0.29) is 0 Å². The van der Waals surface area contributed by atoms with Crippen LogP contribution in [0.3, 0.4) is 0 Å². The van der Waals surface area contributed by atoms with Crippen molar-refractivity contribution in [2.75, 3.05) is 0 Å². The number of rotatable bonds is 2. The maximum Gasteiger partial charge on any atom is 0.313 e. The predicted molar refractivity (Wildman–Crippen MR) is 36.2 cm³/mol. The number of carbonyl (C=O) groups is 1. The number of nitrogens with two attached hydrogens (primary N) is 1. The van der Waals surface area contributed by atoms with Crippen molar-refractivity contribution in [3.05, 3.63) is 0 Å². The van der Waals surface area contributed by atoms with Crippen LogP contribution < -0.4 is 5.73 Å². The van der Waals surface area contributed by atoms with Gasteiger partial charge >= 0.3 is 5.97 Å². The molecule has 4 heteroatoms. The first-order valence-corrected chi connectivity index (χ1v) is 2.94. The predicted octanol–water partition coefficient (Wildman–Crippen LogP) is -0.236. The highest BCUT2D eigenvalue weighted by molar-refractivity contribution is 5.75. The molecular weight excluding hydrogens is 134 g/mol. The van der Waals surface area contributed by atoms with Crippen LogP contribution in [0.4, 0.5) is 0 Å². The Hall–Kier alpha value is -0.610. The van der Waals surface area contributed by atoms with Gasteiger partial charge in [0.05, 0.1) is 0 Å². The molecule has 0 aromatic carbocycles. The number of hydrogen-bond acceptors (Lipinski definition) is 3. The van der Waals surface area contributed by atoms with Gasteiger partial charge in [-0.15, -0.1) is 0 Å². The molecule has 0 rings (SSSR count). The molecule has 0 bridgehead atoms. The van der Waals surface area contributed by atoms with Crippen LogP contribution in [0.1, 0.15) is 20.8 Å². The molecule has 0 saturated carbocycles. The number of aliphatic carboxylic acids is 1. The van der Waals surface area contributed by atoms with Gasteiger partial charge in [0.15, 0.2) is 0 Å². The molecular formula is C6H13NO3. The highest BCUT2D eigenvalue weighted by Gasteiger charge is 2.42. The highest BCUT2D eigenvalue weighted by Crippen LogP contribution is 2.25. The highest BCUT2D eigenvalue weighted by atomic mass is 16.4. The van der Waals surface area contributed by atoms with Crippen LogP contribution in [0.5, 0.6) is 0 Å². The molecule has 0 radical (unpaired) electrons. The van der Waals surface area contributed by atoms with E-state index in [0.29, 0.717) is 0 Å². The van der Waals surface area contributed by atoms with Crippen molar-refractivity contribution < 1.29 is 15.0 Å². The molecule has 0 aromatic heterocycles. The minimum Gasteiger partial charge on any atom is -0.481 e. The molecule has 10 heavy (non-hydrogen) atoms. The van der Waals surface area contributed by atoms with Gasteiger partial charge in [-0.2, -0.15) is 0 Å². The Morgan fingerprint density at radius 3 is 1.70 bits per heavy atom. The molecule has 0 saturated heterocycles. The number of carboxylic acids is 1. The summed E-state index contributed by atoms with van der Waals surface area (Å²) in [6, 6.07) is 0. The topological polar surface area (TPSA) is 83.5 Å². The molecule has 1 unspecified atom stereocenters. The van der Waals surface area contributed by atoms with E-state index in [1.165, 1.54) is 20.8 Å². The third-order valence-corrected chi connectivity index (χ3v) is 1.80. The monoisotopic (exact) mass is 147 g/mol. The maximum atomic E-state index is 10.4. The summed E-state index contributed by atoms with van der Waals surface area (Å²) < 4.78 is 0. The first-order valence-electron chi connectivity index (χ1n) is 2.94. The van der Waals surface area contributed by atoms with Crippen molar-refractivity contribution in [2.45, 2.75) is 26.5 Å². The van der Waals surface area contributed by atoms with E-state index < -0.39 is 17.1 Å². The molecule has 0 fully saturated rings. The second-order valence-corrected chi connectivity index (χ2v) is 3.08. The fraction of sp³-hybridized carbons (Fsp3) is 0.833. The standard InChI is InChI=1S/C6H13NO3/c1-5(2,4(8)9)6(3,7)10/h10H,7H2,1-3H3,(H,8,9). The summed E-state index contributed by atoms with van der Waals surface area (Å²) in [6.45, 7) is 4.01. The molecule has 4 N–H and O–H groups in total. The smallest absolute Gasteiger partial charge is 0.313 e. The van der Waals surface area contributed by atoms with Crippen LogP contribution in [0, 0.1) is 5.41 Å². The van der Waals surface area contributed by atoms with Crippen molar-refractivity contribution in [2.24, 2.45) is 11.1 Å². The lowest BCUT2D eigenvalue weighted by atomic mass is 9.83. The normalized spacial score (nSPS) is 18.1. The Morgan fingerprint density at radius 2 is 1.70 bits per heavy atom. The molecule has 0 aliphatic carbocycles. The third-order valence-electron chi connectivity index (χ3n) is 1.80. The average Bonchev–Trinajstić information content (AvgIpc) is 1.62. The summed E-state index contributed by atoms with van der Waals surface area (Å²) in [5.41, 5.74) is 2.19. The molecule has 0 aliphatic rings. The zero-order valence-corrected chi connectivity index (χ0v) is 6.38. The summed E-state index contributed by atoms with van der Waals surface area (Å²) in [7, 11) is 0. The summed E-state index contributed by atoms with van der Waals surface area (Å²) in [5, 5.41) is 17.6. The fourth-order valence-electron chi connectivity index (χ4n) is 0.216. The lowest BCUT2D eigenvalue weighted by molar-refractivity contribution is -0.161. The van der Waals surface area contributed by atoms with E-state index in [2.05, 4.69) is 0 Å². The maximum absolute atomic E-state index is 10.4. The van der Waals surface area contributed by atoms with Crippen LogP contribution in [0.25, 0.3) is 0 Å². The first kappa shape index (κ1) is 9.39. The van der Waals surface area contributed by atoms with Crippen molar-refractivity contribution in [1.29, 1.82) is 0 Å². The number of aliphatic hydroxyl groups is 1. The Kier molecular flexibility index (Phi) is 2.08. The molecule has 0 aliphatic heterocycles. The second-order valence-electron chi connectivity index (χ2n) is 3.08. The second kappa shape index (κ2) is 2.21. The molecule has 0 heterocycles. The van der Waals surface area contributed by atoms with Gasteiger partial charge < -0.3 is 15.9 Å². The Morgan fingerprint density at radius 1 is 1.40 bits per heavy atom. The summed E-state index contributed by atoms with van der Waals surface area (Å²) in [6.07, 6.45) is 0. The van der Waals surface area contributed by atoms with E-state index in [1.807, 2.05) is 0 Å². The van der Waals surface area contributed by atoms with Gasteiger partial charge in [0.25, 0.3) is 0 Å². The van der Waals surface area contributed by atoms with Crippen molar-refractivity contribution >= 4 is 5.97 Å². The Labute approximate surface area is 59.7 Å². The van der Waals surface area contributed by atoms with Gasteiger partial charge in [0, 0.05) is 0 Å². The van der Waals surface area contributed by atoms with Crippen LogP contribution in [0.2, 0.25) is 0 Å².